The number of aromatic amines is 1. The number of rotatable bonds is 3. The number of thiophene rings is 1. The number of aromatic hydroxyl groups is 1. The number of phenolic OH excluding ortho intramolecular Hbond substituents is 1. The zero-order valence-corrected chi connectivity index (χ0v) is 17.0. The van der Waals surface area contributed by atoms with Gasteiger partial charge in [0.1, 0.15) is 10.4 Å². The summed E-state index contributed by atoms with van der Waals surface area (Å²) in [6.45, 7) is 2.57. The second-order valence-electron chi connectivity index (χ2n) is 7.52. The fraction of sp³-hybridized carbons (Fsp3) is 0.227. The van der Waals surface area contributed by atoms with Gasteiger partial charge >= 0.3 is 0 Å². The quantitative estimate of drug-likeness (QED) is 0.450. The van der Waals surface area contributed by atoms with Gasteiger partial charge in [0, 0.05) is 28.3 Å². The summed E-state index contributed by atoms with van der Waals surface area (Å²) >= 11 is 1.42. The highest BCUT2D eigenvalue weighted by atomic mass is 35.5. The maximum atomic E-state index is 12.4. The minimum atomic E-state index is -0.0822. The van der Waals surface area contributed by atoms with Crippen LogP contribution in [0, 0.1) is 6.92 Å². The predicted octanol–water partition coefficient (Wildman–Crippen LogP) is 4.84. The van der Waals surface area contributed by atoms with Gasteiger partial charge in [-0.2, -0.15) is 0 Å². The Kier molecular flexibility index (Phi) is 4.49. The summed E-state index contributed by atoms with van der Waals surface area (Å²) in [5.74, 6) is 0.229. The molecule has 4 nitrogen and oxygen atoms in total. The summed E-state index contributed by atoms with van der Waals surface area (Å²) in [6.07, 6.45) is 2.27. The Morgan fingerprint density at radius 3 is 2.57 bits per heavy atom. The molecule has 5 rings (SSSR count). The molecule has 0 aliphatic heterocycles. The van der Waals surface area contributed by atoms with Crippen molar-refractivity contribution in [1.29, 1.82) is 0 Å². The number of benzene rings is 2. The van der Waals surface area contributed by atoms with Crippen molar-refractivity contribution in [3.8, 4) is 16.9 Å². The molecule has 0 saturated heterocycles. The van der Waals surface area contributed by atoms with Crippen LogP contribution in [0.15, 0.2) is 46.6 Å². The van der Waals surface area contributed by atoms with Crippen LogP contribution in [0.3, 0.4) is 0 Å². The maximum absolute atomic E-state index is 12.4. The first-order chi connectivity index (χ1) is 13.0. The summed E-state index contributed by atoms with van der Waals surface area (Å²) < 4.78 is 0.686. The van der Waals surface area contributed by atoms with Gasteiger partial charge in [0.05, 0.1) is 5.52 Å². The van der Waals surface area contributed by atoms with E-state index in [1.807, 2.05) is 18.4 Å². The summed E-state index contributed by atoms with van der Waals surface area (Å²) in [5.41, 5.74) is 10.6. The number of aryl methyl sites for hydroxylation is 1. The van der Waals surface area contributed by atoms with Crippen molar-refractivity contribution in [1.82, 2.24) is 4.98 Å². The molecule has 0 amide bonds. The fourth-order valence-corrected chi connectivity index (χ4v) is 4.92. The monoisotopic (exact) mass is 412 g/mol. The molecule has 2 heterocycles. The lowest BCUT2D eigenvalue weighted by Gasteiger charge is -2.16. The molecule has 0 radical (unpaired) electrons. The van der Waals surface area contributed by atoms with Crippen LogP contribution in [0.4, 0.5) is 0 Å². The van der Waals surface area contributed by atoms with Crippen molar-refractivity contribution < 1.29 is 5.11 Å². The van der Waals surface area contributed by atoms with E-state index in [4.69, 9.17) is 5.73 Å². The van der Waals surface area contributed by atoms with E-state index in [1.54, 1.807) is 6.07 Å². The van der Waals surface area contributed by atoms with Gasteiger partial charge in [-0.3, -0.25) is 4.79 Å². The number of fused-ring (bicyclic) bond motifs is 3. The molecule has 0 spiro atoms. The van der Waals surface area contributed by atoms with Crippen molar-refractivity contribution in [3.05, 3.63) is 63.3 Å². The van der Waals surface area contributed by atoms with Crippen LogP contribution in [0.1, 0.15) is 24.0 Å². The minimum absolute atomic E-state index is 0. The van der Waals surface area contributed by atoms with Crippen LogP contribution in [-0.4, -0.2) is 16.6 Å². The third-order valence-corrected chi connectivity index (χ3v) is 6.83. The first-order valence-corrected chi connectivity index (χ1v) is 9.99. The Bertz CT molecular complexity index is 1250. The SMILES string of the molecule is Cc1cc(O)c(-c2ccc(C3(CN)CC3)cc2)c2c1[nH]c(=O)c1sccc12.Cl. The third-order valence-electron chi connectivity index (χ3n) is 5.91. The average Bonchev–Trinajstić information content (AvgIpc) is 3.31. The minimum Gasteiger partial charge on any atom is -0.507 e. The van der Waals surface area contributed by atoms with E-state index in [1.165, 1.54) is 16.9 Å². The first-order valence-electron chi connectivity index (χ1n) is 9.11. The summed E-state index contributed by atoms with van der Waals surface area (Å²) in [4.78, 5) is 15.4. The van der Waals surface area contributed by atoms with Crippen LogP contribution in [-0.2, 0) is 5.41 Å². The van der Waals surface area contributed by atoms with E-state index in [-0.39, 0.29) is 29.1 Å². The van der Waals surface area contributed by atoms with Crippen molar-refractivity contribution in [2.75, 3.05) is 6.54 Å². The molecule has 1 saturated carbocycles. The predicted molar refractivity (Wildman–Crippen MR) is 119 cm³/mol. The molecule has 2 aromatic heterocycles. The molecule has 0 atom stereocenters. The van der Waals surface area contributed by atoms with Gasteiger partial charge in [0.15, 0.2) is 0 Å². The Balaban J connectivity index is 0.00000192. The standard InChI is InChI=1S/C22H20N2O2S.ClH/c1-12-10-16(25)17(13-2-4-14(5-3-13)22(11-23)7-8-22)18-15-6-9-27-20(15)21(26)24-19(12)18;/h2-6,9-10,25H,7-8,11,23H2,1H3,(H,24,26);1H. The van der Waals surface area contributed by atoms with Gasteiger partial charge in [-0.1, -0.05) is 24.3 Å². The van der Waals surface area contributed by atoms with E-state index in [0.717, 1.165) is 45.8 Å². The Labute approximate surface area is 172 Å². The highest BCUT2D eigenvalue weighted by Crippen LogP contribution is 2.48. The molecular formula is C22H21ClN2O2S. The molecule has 28 heavy (non-hydrogen) atoms. The zero-order valence-electron chi connectivity index (χ0n) is 15.4. The number of aromatic nitrogens is 1. The van der Waals surface area contributed by atoms with Crippen molar-refractivity contribution >= 4 is 44.7 Å². The molecule has 4 N–H and O–H groups in total. The molecule has 0 bridgehead atoms. The van der Waals surface area contributed by atoms with Gasteiger partial charge in [-0.25, -0.2) is 0 Å². The van der Waals surface area contributed by atoms with Crippen LogP contribution in [0.5, 0.6) is 5.75 Å². The molecule has 1 aliphatic carbocycles. The number of nitrogens with one attached hydrogen (secondary N) is 1. The van der Waals surface area contributed by atoms with E-state index >= 15 is 0 Å². The first kappa shape index (κ1) is 19.0. The average molecular weight is 413 g/mol. The third kappa shape index (κ3) is 2.65. The van der Waals surface area contributed by atoms with Crippen molar-refractivity contribution in [2.24, 2.45) is 5.73 Å². The number of halogens is 1. The number of hydrogen-bond donors (Lipinski definition) is 3. The van der Waals surface area contributed by atoms with Crippen LogP contribution < -0.4 is 11.3 Å². The molecule has 2 aromatic carbocycles. The van der Waals surface area contributed by atoms with Crippen LogP contribution >= 0.6 is 23.7 Å². The van der Waals surface area contributed by atoms with Crippen LogP contribution in [0.2, 0.25) is 0 Å². The largest absolute Gasteiger partial charge is 0.507 e. The van der Waals surface area contributed by atoms with Gasteiger partial charge in [0.2, 0.25) is 0 Å². The van der Waals surface area contributed by atoms with Gasteiger partial charge in [0.25, 0.3) is 5.56 Å². The smallest absolute Gasteiger partial charge is 0.266 e. The van der Waals surface area contributed by atoms with E-state index in [2.05, 4.69) is 29.2 Å². The highest BCUT2D eigenvalue weighted by molar-refractivity contribution is 7.17. The lowest BCUT2D eigenvalue weighted by atomic mass is 9.91. The second-order valence-corrected chi connectivity index (χ2v) is 8.43. The topological polar surface area (TPSA) is 79.1 Å². The van der Waals surface area contributed by atoms with Crippen molar-refractivity contribution in [2.45, 2.75) is 25.2 Å². The summed E-state index contributed by atoms with van der Waals surface area (Å²) in [5, 5.41) is 14.5. The Morgan fingerprint density at radius 2 is 1.93 bits per heavy atom. The zero-order chi connectivity index (χ0) is 18.8. The molecule has 1 aliphatic rings. The summed E-state index contributed by atoms with van der Waals surface area (Å²) in [7, 11) is 0. The van der Waals surface area contributed by atoms with Gasteiger partial charge in [-0.05, 0) is 54.0 Å². The number of H-pyrrole nitrogens is 1. The van der Waals surface area contributed by atoms with E-state index in [0.29, 0.717) is 11.2 Å². The van der Waals surface area contributed by atoms with Gasteiger partial charge in [-0.15, -0.1) is 23.7 Å². The van der Waals surface area contributed by atoms with E-state index < -0.39 is 0 Å². The molecular weight excluding hydrogens is 392 g/mol. The lowest BCUT2D eigenvalue weighted by molar-refractivity contribution is 0.477. The number of hydrogen-bond acceptors (Lipinski definition) is 4. The summed E-state index contributed by atoms with van der Waals surface area (Å²) in [6, 6.07) is 12.0. The number of phenols is 1. The van der Waals surface area contributed by atoms with Crippen LogP contribution in [0.25, 0.3) is 32.1 Å². The van der Waals surface area contributed by atoms with Gasteiger partial charge < -0.3 is 15.8 Å². The highest BCUT2D eigenvalue weighted by Gasteiger charge is 2.42. The molecule has 4 aromatic rings. The second kappa shape index (κ2) is 6.62. The number of pyridine rings is 1. The maximum Gasteiger partial charge on any atom is 0.266 e. The van der Waals surface area contributed by atoms with Crippen molar-refractivity contribution in [3.63, 3.8) is 0 Å². The fourth-order valence-electron chi connectivity index (χ4n) is 4.13. The molecule has 144 valence electrons. The molecule has 0 unspecified atom stereocenters. The number of nitrogens with two attached hydrogens (primary N) is 1. The normalized spacial score (nSPS) is 14.9. The Hall–Kier alpha value is -2.34. The van der Waals surface area contributed by atoms with E-state index in [9.17, 15) is 9.90 Å². The molecule has 6 heteroatoms. The Morgan fingerprint density at radius 1 is 1.21 bits per heavy atom. The molecule has 1 fully saturated rings. The lowest BCUT2D eigenvalue weighted by Crippen LogP contribution is -2.19.